The van der Waals surface area contributed by atoms with Gasteiger partial charge in [-0.3, -0.25) is 15.8 Å². The Balaban J connectivity index is 2.82. The SMILES string of the molecule is NNCC[PH](=O)O. The van der Waals surface area contributed by atoms with Gasteiger partial charge in [0.05, 0.1) is 0 Å². The monoisotopic (exact) mass is 124 g/mol. The van der Waals surface area contributed by atoms with Crippen LogP contribution in [-0.2, 0) is 4.57 Å². The Hall–Kier alpha value is 0.110. The minimum Gasteiger partial charge on any atom is -0.346 e. The standard InChI is InChI=1S/C2H9N2O2P/c3-4-1-2-7(5)6/h4,7H,1-3H2,(H,5,6). The largest absolute Gasteiger partial charge is 0.346 e. The summed E-state index contributed by atoms with van der Waals surface area (Å²) < 4.78 is 9.85. The second kappa shape index (κ2) is 4.27. The Kier molecular flexibility index (Phi) is 4.34. The van der Waals surface area contributed by atoms with Crippen LogP contribution in [0.15, 0.2) is 0 Å². The molecule has 0 bridgehead atoms. The number of hydrogen-bond donors (Lipinski definition) is 3. The summed E-state index contributed by atoms with van der Waals surface area (Å²) in [7, 11) is -2.29. The molecule has 0 aliphatic heterocycles. The molecule has 0 fully saturated rings. The summed E-state index contributed by atoms with van der Waals surface area (Å²) in [4.78, 5) is 8.13. The minimum absolute atomic E-state index is 0.265. The Morgan fingerprint density at radius 3 is 2.57 bits per heavy atom. The fraction of sp³-hybridized carbons (Fsp3) is 1.00. The van der Waals surface area contributed by atoms with Gasteiger partial charge in [-0.25, -0.2) is 0 Å². The first kappa shape index (κ1) is 7.11. The van der Waals surface area contributed by atoms with E-state index in [-0.39, 0.29) is 6.16 Å². The third-order valence-corrected chi connectivity index (χ3v) is 1.16. The van der Waals surface area contributed by atoms with E-state index in [0.717, 1.165) is 0 Å². The zero-order chi connectivity index (χ0) is 5.70. The van der Waals surface area contributed by atoms with Crippen molar-refractivity contribution in [3.63, 3.8) is 0 Å². The van der Waals surface area contributed by atoms with Crippen LogP contribution in [0.25, 0.3) is 0 Å². The molecule has 7 heavy (non-hydrogen) atoms. The highest BCUT2D eigenvalue weighted by Gasteiger charge is 1.86. The Morgan fingerprint density at radius 2 is 2.43 bits per heavy atom. The molecule has 0 amide bonds. The summed E-state index contributed by atoms with van der Waals surface area (Å²) in [5, 5.41) is 0. The first-order valence-electron chi connectivity index (χ1n) is 1.92. The molecule has 1 atom stereocenters. The van der Waals surface area contributed by atoms with E-state index in [1.807, 2.05) is 0 Å². The lowest BCUT2D eigenvalue weighted by Crippen LogP contribution is -2.24. The highest BCUT2D eigenvalue weighted by molar-refractivity contribution is 7.38. The molecule has 0 heterocycles. The molecule has 0 aromatic heterocycles. The summed E-state index contributed by atoms with van der Waals surface area (Å²) >= 11 is 0. The lowest BCUT2D eigenvalue weighted by Gasteiger charge is -1.90. The van der Waals surface area contributed by atoms with Gasteiger partial charge in [-0.15, -0.1) is 0 Å². The van der Waals surface area contributed by atoms with Gasteiger partial charge >= 0.3 is 0 Å². The fourth-order valence-corrected chi connectivity index (χ4v) is 0.537. The van der Waals surface area contributed by atoms with Crippen LogP contribution in [0.2, 0.25) is 0 Å². The van der Waals surface area contributed by atoms with Crippen molar-refractivity contribution in [2.75, 3.05) is 12.7 Å². The van der Waals surface area contributed by atoms with Gasteiger partial charge < -0.3 is 4.89 Å². The number of rotatable bonds is 3. The van der Waals surface area contributed by atoms with Gasteiger partial charge in [0.15, 0.2) is 8.03 Å². The number of hydrazine groups is 1. The van der Waals surface area contributed by atoms with Crippen LogP contribution >= 0.6 is 8.03 Å². The van der Waals surface area contributed by atoms with Crippen LogP contribution in [0, 0.1) is 0 Å². The van der Waals surface area contributed by atoms with E-state index in [1.165, 1.54) is 0 Å². The zero-order valence-corrected chi connectivity index (χ0v) is 4.85. The predicted octanol–water partition coefficient (Wildman–Crippen LogP) is -1.08. The Morgan fingerprint density at radius 1 is 1.86 bits per heavy atom. The van der Waals surface area contributed by atoms with Crippen molar-refractivity contribution >= 4 is 8.03 Å². The molecular formula is C2H9N2O2P. The average molecular weight is 124 g/mol. The molecule has 0 aliphatic carbocycles. The van der Waals surface area contributed by atoms with Crippen molar-refractivity contribution in [1.82, 2.24) is 5.43 Å². The molecule has 0 rings (SSSR count). The van der Waals surface area contributed by atoms with Crippen molar-refractivity contribution < 1.29 is 9.46 Å². The molecule has 5 heteroatoms. The minimum atomic E-state index is -2.29. The predicted molar refractivity (Wildman–Crippen MR) is 28.3 cm³/mol. The van der Waals surface area contributed by atoms with E-state index in [2.05, 4.69) is 5.43 Å². The Labute approximate surface area is 42.5 Å². The van der Waals surface area contributed by atoms with Crippen LogP contribution in [0.4, 0.5) is 0 Å². The normalized spacial score (nSPS) is 14.0. The van der Waals surface area contributed by atoms with Crippen molar-refractivity contribution in [2.45, 2.75) is 0 Å². The quantitative estimate of drug-likeness (QED) is 0.254. The number of nitrogens with two attached hydrogens (primary N) is 1. The van der Waals surface area contributed by atoms with Crippen molar-refractivity contribution in [3.05, 3.63) is 0 Å². The van der Waals surface area contributed by atoms with E-state index in [4.69, 9.17) is 10.7 Å². The maximum atomic E-state index is 9.85. The Bertz CT molecular complexity index is 66.7. The van der Waals surface area contributed by atoms with Gasteiger partial charge in [-0.05, 0) is 0 Å². The van der Waals surface area contributed by atoms with Gasteiger partial charge in [-0.2, -0.15) is 0 Å². The van der Waals surface area contributed by atoms with Gasteiger partial charge in [0.1, 0.15) is 0 Å². The van der Waals surface area contributed by atoms with Gasteiger partial charge in [0, 0.05) is 12.7 Å². The fourth-order valence-electron chi connectivity index (χ4n) is 0.179. The second-order valence-electron chi connectivity index (χ2n) is 1.10. The first-order valence-corrected chi connectivity index (χ1v) is 3.49. The molecule has 0 aromatic rings. The van der Waals surface area contributed by atoms with Crippen LogP contribution < -0.4 is 11.3 Å². The maximum absolute atomic E-state index is 9.85. The molecule has 4 nitrogen and oxygen atoms in total. The molecule has 0 aliphatic rings. The lowest BCUT2D eigenvalue weighted by molar-refractivity contribution is 0.501. The van der Waals surface area contributed by atoms with Gasteiger partial charge in [-0.1, -0.05) is 0 Å². The lowest BCUT2D eigenvalue weighted by atomic mass is 10.8. The molecule has 0 saturated carbocycles. The highest BCUT2D eigenvalue weighted by Crippen LogP contribution is 2.08. The first-order chi connectivity index (χ1) is 3.27. The topological polar surface area (TPSA) is 75.3 Å². The third-order valence-electron chi connectivity index (χ3n) is 0.483. The number of hydrogen-bond acceptors (Lipinski definition) is 3. The van der Waals surface area contributed by atoms with E-state index in [0.29, 0.717) is 6.54 Å². The van der Waals surface area contributed by atoms with Crippen LogP contribution in [0.5, 0.6) is 0 Å². The van der Waals surface area contributed by atoms with Crippen molar-refractivity contribution in [1.29, 1.82) is 0 Å². The molecular weight excluding hydrogens is 115 g/mol. The average Bonchev–Trinajstić information content (AvgIpc) is 1.61. The van der Waals surface area contributed by atoms with E-state index < -0.39 is 8.03 Å². The van der Waals surface area contributed by atoms with Crippen LogP contribution in [0.3, 0.4) is 0 Å². The number of nitrogens with one attached hydrogen (secondary N) is 1. The van der Waals surface area contributed by atoms with Gasteiger partial charge in [0.25, 0.3) is 0 Å². The van der Waals surface area contributed by atoms with E-state index in [9.17, 15) is 4.57 Å². The van der Waals surface area contributed by atoms with Crippen molar-refractivity contribution in [2.24, 2.45) is 5.84 Å². The molecule has 0 spiro atoms. The van der Waals surface area contributed by atoms with Crippen LogP contribution in [-0.4, -0.2) is 17.6 Å². The molecule has 44 valence electrons. The molecule has 1 unspecified atom stereocenters. The summed E-state index contributed by atoms with van der Waals surface area (Å²) in [6.07, 6.45) is 0.265. The highest BCUT2D eigenvalue weighted by atomic mass is 31.1. The van der Waals surface area contributed by atoms with Crippen LogP contribution in [0.1, 0.15) is 0 Å². The zero-order valence-electron chi connectivity index (χ0n) is 3.85. The molecule has 0 saturated heterocycles. The molecule has 4 N–H and O–H groups in total. The molecule has 0 aromatic carbocycles. The third kappa shape index (κ3) is 6.11. The summed E-state index contributed by atoms with van der Waals surface area (Å²) in [5.74, 6) is 4.79. The van der Waals surface area contributed by atoms with E-state index in [1.54, 1.807) is 0 Å². The van der Waals surface area contributed by atoms with Crippen molar-refractivity contribution in [3.8, 4) is 0 Å². The van der Waals surface area contributed by atoms with E-state index >= 15 is 0 Å². The van der Waals surface area contributed by atoms with Gasteiger partial charge in [0.2, 0.25) is 0 Å². The summed E-state index contributed by atoms with van der Waals surface area (Å²) in [6, 6.07) is 0. The smallest absolute Gasteiger partial charge is 0.190 e. The summed E-state index contributed by atoms with van der Waals surface area (Å²) in [6.45, 7) is 0.411. The second-order valence-corrected chi connectivity index (χ2v) is 2.39. The maximum Gasteiger partial charge on any atom is 0.190 e. The molecule has 0 radical (unpaired) electrons. The summed E-state index contributed by atoms with van der Waals surface area (Å²) in [5.41, 5.74) is 2.26.